The van der Waals surface area contributed by atoms with E-state index in [0.717, 1.165) is 18.4 Å². The molecule has 0 amide bonds. The highest BCUT2D eigenvalue weighted by Gasteiger charge is 2.44. The number of hydrogen-bond acceptors (Lipinski definition) is 7. The van der Waals surface area contributed by atoms with Gasteiger partial charge in [0.25, 0.3) is 5.56 Å². The van der Waals surface area contributed by atoms with E-state index in [1.54, 1.807) is 47.4 Å². The van der Waals surface area contributed by atoms with Crippen LogP contribution in [0.3, 0.4) is 0 Å². The third-order valence-corrected chi connectivity index (χ3v) is 6.76. The van der Waals surface area contributed by atoms with E-state index in [9.17, 15) is 10.1 Å². The number of nitriles is 1. The minimum absolute atomic E-state index is 0.277. The summed E-state index contributed by atoms with van der Waals surface area (Å²) in [4.78, 5) is 32.1. The molecule has 34 heavy (non-hydrogen) atoms. The van der Waals surface area contributed by atoms with Crippen molar-refractivity contribution in [2.45, 2.75) is 25.3 Å². The van der Waals surface area contributed by atoms with Gasteiger partial charge in [-0.3, -0.25) is 9.36 Å². The number of fused-ring (bicyclic) bond motifs is 2. The van der Waals surface area contributed by atoms with Crippen molar-refractivity contribution in [3.63, 3.8) is 0 Å². The smallest absolute Gasteiger partial charge is 0.284 e. The second-order valence-corrected chi connectivity index (χ2v) is 8.82. The van der Waals surface area contributed by atoms with Gasteiger partial charge in [-0.25, -0.2) is 19.5 Å². The van der Waals surface area contributed by atoms with Gasteiger partial charge in [0.2, 0.25) is 0 Å². The molecule has 10 nitrogen and oxygen atoms in total. The zero-order valence-corrected chi connectivity index (χ0v) is 18.9. The fraction of sp³-hybridized carbons (Fsp3) is 0.217. The first kappa shape index (κ1) is 20.4. The van der Waals surface area contributed by atoms with E-state index in [0.29, 0.717) is 40.1 Å². The topological polar surface area (TPSA) is 121 Å². The van der Waals surface area contributed by atoms with E-state index in [1.165, 1.54) is 10.8 Å². The lowest BCUT2D eigenvalue weighted by molar-refractivity contribution is 0.433. The fourth-order valence-electron chi connectivity index (χ4n) is 4.83. The molecule has 0 bridgehead atoms. The maximum absolute atomic E-state index is 13.8. The molecule has 0 aliphatic carbocycles. The summed E-state index contributed by atoms with van der Waals surface area (Å²) in [6.45, 7) is 2.76. The maximum Gasteiger partial charge on any atom is 0.284 e. The molecule has 0 spiro atoms. The van der Waals surface area contributed by atoms with Crippen molar-refractivity contribution in [3.05, 3.63) is 75.9 Å². The number of H-pyrrole nitrogens is 1. The highest BCUT2D eigenvalue weighted by molar-refractivity contribution is 6.33. The Kier molecular flexibility index (Phi) is 4.43. The Morgan fingerprint density at radius 1 is 1.24 bits per heavy atom. The molecule has 1 N–H and O–H groups in total. The summed E-state index contributed by atoms with van der Waals surface area (Å²) in [5.74, 6) is 1.22. The molecule has 4 aromatic heterocycles. The summed E-state index contributed by atoms with van der Waals surface area (Å²) >= 11 is 6.36. The van der Waals surface area contributed by atoms with E-state index < -0.39 is 5.54 Å². The van der Waals surface area contributed by atoms with Crippen LogP contribution in [0.2, 0.25) is 5.02 Å². The number of rotatable bonds is 3. The first-order chi connectivity index (χ1) is 16.5. The third kappa shape index (κ3) is 2.84. The summed E-state index contributed by atoms with van der Waals surface area (Å²) in [6, 6.07) is 10.7. The van der Waals surface area contributed by atoms with Gasteiger partial charge >= 0.3 is 0 Å². The number of anilines is 1. The van der Waals surface area contributed by atoms with E-state index >= 15 is 0 Å². The minimum atomic E-state index is -0.695. The normalized spacial score (nSPS) is 18.1. The summed E-state index contributed by atoms with van der Waals surface area (Å²) < 4.78 is 3.09. The molecule has 0 saturated carbocycles. The first-order valence-corrected chi connectivity index (χ1v) is 11.1. The Morgan fingerprint density at radius 2 is 2.12 bits per heavy atom. The third-order valence-electron chi connectivity index (χ3n) is 6.45. The largest absolute Gasteiger partial charge is 0.342 e. The standard InChI is InChI=1S/C23H18ClN9O/c1-23(7-3-8-31(23)20-17-19(27-12-26-17)28-13-29-20)22-30-32-9-6-16(24)18(32)21(34)33(22)15-5-2-4-14(10-15)11-25/h2,4-6,9-10,12-13H,3,7-8H2,1H3,(H,26,27,28,29)/t23-/m0/s1. The summed E-state index contributed by atoms with van der Waals surface area (Å²) in [7, 11) is 0. The van der Waals surface area contributed by atoms with Gasteiger partial charge in [-0.15, -0.1) is 0 Å². The lowest BCUT2D eigenvalue weighted by atomic mass is 9.97. The molecule has 1 fully saturated rings. The van der Waals surface area contributed by atoms with E-state index in [4.69, 9.17) is 16.7 Å². The lowest BCUT2D eigenvalue weighted by Crippen LogP contribution is -2.45. The SMILES string of the molecule is C[C@@]1(c2nn3ccc(Cl)c3c(=O)n2-c2cccc(C#N)c2)CCCN1c1ncnc2nc[nH]c12. The molecule has 5 heterocycles. The second kappa shape index (κ2) is 7.40. The van der Waals surface area contributed by atoms with Crippen molar-refractivity contribution >= 4 is 34.1 Å². The average Bonchev–Trinajstić information content (AvgIpc) is 3.58. The first-order valence-electron chi connectivity index (χ1n) is 10.7. The quantitative estimate of drug-likeness (QED) is 0.429. The van der Waals surface area contributed by atoms with Crippen LogP contribution < -0.4 is 10.5 Å². The second-order valence-electron chi connectivity index (χ2n) is 8.41. The van der Waals surface area contributed by atoms with Crippen molar-refractivity contribution in [3.8, 4) is 11.8 Å². The van der Waals surface area contributed by atoms with E-state index in [-0.39, 0.29) is 11.1 Å². The Morgan fingerprint density at radius 3 is 2.97 bits per heavy atom. The number of halogens is 1. The van der Waals surface area contributed by atoms with Crippen molar-refractivity contribution in [1.82, 2.24) is 34.1 Å². The van der Waals surface area contributed by atoms with Crippen LogP contribution in [0.15, 0.2) is 54.0 Å². The predicted octanol–water partition coefficient (Wildman–Crippen LogP) is 3.19. The van der Waals surface area contributed by atoms with Crippen molar-refractivity contribution < 1.29 is 0 Å². The zero-order chi connectivity index (χ0) is 23.4. The van der Waals surface area contributed by atoms with Gasteiger partial charge in [-0.05, 0) is 44.0 Å². The molecule has 1 aliphatic heterocycles. The van der Waals surface area contributed by atoms with Crippen LogP contribution in [-0.4, -0.2) is 40.7 Å². The number of imidazole rings is 1. The van der Waals surface area contributed by atoms with Crippen LogP contribution in [0, 0.1) is 11.3 Å². The molecule has 5 aromatic rings. The van der Waals surface area contributed by atoms with Gasteiger partial charge in [0.05, 0.1) is 34.2 Å². The molecule has 1 atom stereocenters. The number of aromatic amines is 1. The van der Waals surface area contributed by atoms with E-state index in [1.807, 2.05) is 6.92 Å². The number of hydrogen-bond donors (Lipinski definition) is 1. The highest BCUT2D eigenvalue weighted by atomic mass is 35.5. The average molecular weight is 472 g/mol. The van der Waals surface area contributed by atoms with E-state index in [2.05, 4.69) is 30.9 Å². The maximum atomic E-state index is 13.8. The Bertz CT molecular complexity index is 1680. The highest BCUT2D eigenvalue weighted by Crippen LogP contribution is 2.42. The zero-order valence-electron chi connectivity index (χ0n) is 18.1. The Hall–Kier alpha value is -4.23. The monoisotopic (exact) mass is 471 g/mol. The molecule has 6 rings (SSSR count). The van der Waals surface area contributed by atoms with Gasteiger partial charge in [-0.1, -0.05) is 17.7 Å². The Labute approximate surface area is 198 Å². The number of nitrogens with one attached hydrogen (secondary N) is 1. The number of aromatic nitrogens is 7. The number of nitrogens with zero attached hydrogens (tertiary/aromatic N) is 8. The fourth-order valence-corrected chi connectivity index (χ4v) is 5.05. The molecule has 0 radical (unpaired) electrons. The predicted molar refractivity (Wildman–Crippen MR) is 126 cm³/mol. The molecular formula is C23H18ClN9O. The van der Waals surface area contributed by atoms with Gasteiger partial charge in [0.1, 0.15) is 17.4 Å². The molecule has 0 unspecified atom stereocenters. The molecule has 1 saturated heterocycles. The minimum Gasteiger partial charge on any atom is -0.342 e. The van der Waals surface area contributed by atoms with Crippen LogP contribution in [0.5, 0.6) is 0 Å². The molecule has 168 valence electrons. The van der Waals surface area contributed by atoms with Gasteiger partial charge in [0.15, 0.2) is 17.3 Å². The van der Waals surface area contributed by atoms with Crippen LogP contribution in [0.25, 0.3) is 22.4 Å². The van der Waals surface area contributed by atoms with Crippen LogP contribution in [-0.2, 0) is 5.54 Å². The molecule has 11 heteroatoms. The summed E-state index contributed by atoms with van der Waals surface area (Å²) in [5, 5.41) is 14.7. The van der Waals surface area contributed by atoms with Crippen molar-refractivity contribution in [1.29, 1.82) is 5.26 Å². The van der Waals surface area contributed by atoms with Crippen LogP contribution in [0.4, 0.5) is 5.82 Å². The molecular weight excluding hydrogens is 454 g/mol. The lowest BCUT2D eigenvalue weighted by Gasteiger charge is -2.36. The van der Waals surface area contributed by atoms with Gasteiger partial charge < -0.3 is 9.88 Å². The van der Waals surface area contributed by atoms with Crippen LogP contribution in [0.1, 0.15) is 31.2 Å². The van der Waals surface area contributed by atoms with Crippen molar-refractivity contribution in [2.24, 2.45) is 0 Å². The molecule has 1 aliphatic rings. The van der Waals surface area contributed by atoms with Crippen LogP contribution >= 0.6 is 11.6 Å². The molecule has 1 aromatic carbocycles. The van der Waals surface area contributed by atoms with Crippen molar-refractivity contribution in [2.75, 3.05) is 11.4 Å². The summed E-state index contributed by atoms with van der Waals surface area (Å²) in [5.41, 5.74) is 1.56. The Balaban J connectivity index is 1.65. The van der Waals surface area contributed by atoms with Gasteiger partial charge in [-0.2, -0.15) is 10.4 Å². The van der Waals surface area contributed by atoms with Gasteiger partial charge in [0, 0.05) is 12.7 Å². The number of benzene rings is 1. The summed E-state index contributed by atoms with van der Waals surface area (Å²) in [6.07, 6.45) is 6.36.